The van der Waals surface area contributed by atoms with Crippen molar-refractivity contribution >= 4 is 11.8 Å². The summed E-state index contributed by atoms with van der Waals surface area (Å²) in [6.45, 7) is 3.86. The first-order valence-corrected chi connectivity index (χ1v) is 5.21. The summed E-state index contributed by atoms with van der Waals surface area (Å²) in [7, 11) is 0. The van der Waals surface area contributed by atoms with Crippen LogP contribution in [0, 0.1) is 6.92 Å². The van der Waals surface area contributed by atoms with E-state index in [0.29, 0.717) is 0 Å². The van der Waals surface area contributed by atoms with E-state index in [1.165, 1.54) is 17.1 Å². The zero-order chi connectivity index (χ0) is 11.7. The molecule has 1 aliphatic rings. The molecule has 3 heteroatoms. The van der Waals surface area contributed by atoms with Gasteiger partial charge in [-0.3, -0.25) is 14.5 Å². The lowest BCUT2D eigenvalue weighted by Crippen LogP contribution is -2.32. The monoisotopic (exact) mass is 215 g/mol. The van der Waals surface area contributed by atoms with Crippen LogP contribution < -0.4 is 0 Å². The molecule has 1 heterocycles. The number of amides is 2. The number of nitrogens with zero attached hydrogens (tertiary/aromatic N) is 1. The Labute approximate surface area is 94.4 Å². The molecular weight excluding hydrogens is 202 g/mol. The molecule has 82 valence electrons. The molecule has 1 atom stereocenters. The van der Waals surface area contributed by atoms with Crippen molar-refractivity contribution in [3.05, 3.63) is 47.5 Å². The van der Waals surface area contributed by atoms with Crippen molar-refractivity contribution in [3.8, 4) is 0 Å². The number of imide groups is 1. The van der Waals surface area contributed by atoms with Crippen molar-refractivity contribution in [1.82, 2.24) is 4.90 Å². The van der Waals surface area contributed by atoms with Crippen molar-refractivity contribution in [3.63, 3.8) is 0 Å². The highest BCUT2D eigenvalue weighted by atomic mass is 16.2. The van der Waals surface area contributed by atoms with Crippen LogP contribution in [-0.2, 0) is 9.59 Å². The van der Waals surface area contributed by atoms with Gasteiger partial charge in [0, 0.05) is 12.2 Å². The van der Waals surface area contributed by atoms with E-state index < -0.39 is 0 Å². The maximum atomic E-state index is 11.5. The van der Waals surface area contributed by atoms with E-state index in [-0.39, 0.29) is 17.9 Å². The fourth-order valence-electron chi connectivity index (χ4n) is 1.79. The molecule has 16 heavy (non-hydrogen) atoms. The second kappa shape index (κ2) is 3.93. The molecule has 1 aromatic carbocycles. The Morgan fingerprint density at radius 3 is 2.00 bits per heavy atom. The summed E-state index contributed by atoms with van der Waals surface area (Å²) in [6, 6.07) is 7.63. The molecule has 0 aromatic heterocycles. The lowest BCUT2D eigenvalue weighted by atomic mass is 10.1. The van der Waals surface area contributed by atoms with E-state index in [1.807, 2.05) is 38.1 Å². The first kappa shape index (κ1) is 10.6. The fraction of sp³-hybridized carbons (Fsp3) is 0.231. The van der Waals surface area contributed by atoms with Crippen molar-refractivity contribution in [2.75, 3.05) is 0 Å². The van der Waals surface area contributed by atoms with Crippen LogP contribution in [0.4, 0.5) is 0 Å². The van der Waals surface area contributed by atoms with Crippen LogP contribution in [0.15, 0.2) is 36.4 Å². The molecule has 0 saturated heterocycles. The molecule has 0 saturated carbocycles. The number of carbonyl (C=O) groups excluding carboxylic acids is 2. The van der Waals surface area contributed by atoms with Crippen molar-refractivity contribution in [2.45, 2.75) is 19.9 Å². The predicted octanol–water partition coefficient (Wildman–Crippen LogP) is 1.98. The lowest BCUT2D eigenvalue weighted by Gasteiger charge is -2.22. The number of aryl methyl sites for hydroxylation is 1. The third-order valence-corrected chi connectivity index (χ3v) is 2.79. The van der Waals surface area contributed by atoms with E-state index in [0.717, 1.165) is 11.1 Å². The Morgan fingerprint density at radius 2 is 1.50 bits per heavy atom. The van der Waals surface area contributed by atoms with Gasteiger partial charge in [-0.05, 0) is 19.4 Å². The van der Waals surface area contributed by atoms with E-state index in [1.54, 1.807) is 0 Å². The number of hydrogen-bond donors (Lipinski definition) is 0. The average Bonchev–Trinajstić information content (AvgIpc) is 2.59. The van der Waals surface area contributed by atoms with E-state index in [2.05, 4.69) is 0 Å². The van der Waals surface area contributed by atoms with Crippen LogP contribution in [0.2, 0.25) is 0 Å². The Kier molecular flexibility index (Phi) is 2.60. The minimum absolute atomic E-state index is 0.212. The molecule has 3 nitrogen and oxygen atoms in total. The Morgan fingerprint density at radius 1 is 1.00 bits per heavy atom. The zero-order valence-corrected chi connectivity index (χ0v) is 9.31. The fourth-order valence-corrected chi connectivity index (χ4v) is 1.79. The summed E-state index contributed by atoms with van der Waals surface area (Å²) < 4.78 is 0. The number of hydrogen-bond acceptors (Lipinski definition) is 2. The average molecular weight is 215 g/mol. The molecule has 0 spiro atoms. The number of benzene rings is 1. The van der Waals surface area contributed by atoms with Gasteiger partial charge >= 0.3 is 0 Å². The smallest absolute Gasteiger partial charge is 0.254 e. The summed E-state index contributed by atoms with van der Waals surface area (Å²) in [5, 5.41) is 0. The third-order valence-electron chi connectivity index (χ3n) is 2.79. The normalized spacial score (nSPS) is 17.0. The zero-order valence-electron chi connectivity index (χ0n) is 9.31. The van der Waals surface area contributed by atoms with Crippen molar-refractivity contribution in [1.29, 1.82) is 0 Å². The summed E-state index contributed by atoms with van der Waals surface area (Å²) in [4.78, 5) is 24.2. The summed E-state index contributed by atoms with van der Waals surface area (Å²) in [5.41, 5.74) is 2.13. The van der Waals surface area contributed by atoms with Gasteiger partial charge in [-0.25, -0.2) is 0 Å². The van der Waals surface area contributed by atoms with Gasteiger partial charge in [0.25, 0.3) is 11.8 Å². The van der Waals surface area contributed by atoms with Crippen LogP contribution in [0.5, 0.6) is 0 Å². The Balaban J connectivity index is 2.25. The minimum atomic E-state index is -0.238. The quantitative estimate of drug-likeness (QED) is 0.707. The molecule has 0 N–H and O–H groups in total. The Bertz CT molecular complexity index is 441. The van der Waals surface area contributed by atoms with Gasteiger partial charge in [0.15, 0.2) is 0 Å². The highest BCUT2D eigenvalue weighted by Crippen LogP contribution is 2.23. The lowest BCUT2D eigenvalue weighted by molar-refractivity contribution is -0.139. The molecule has 0 fully saturated rings. The van der Waals surface area contributed by atoms with Crippen molar-refractivity contribution in [2.24, 2.45) is 0 Å². The molecule has 1 aromatic rings. The van der Waals surface area contributed by atoms with Gasteiger partial charge < -0.3 is 0 Å². The van der Waals surface area contributed by atoms with Crippen molar-refractivity contribution < 1.29 is 9.59 Å². The topological polar surface area (TPSA) is 37.4 Å². The molecule has 0 aliphatic carbocycles. The van der Waals surface area contributed by atoms with Crippen LogP contribution >= 0.6 is 0 Å². The van der Waals surface area contributed by atoms with E-state index in [9.17, 15) is 9.59 Å². The standard InChI is InChI=1S/C13H13NO2/c1-9-3-5-11(6-4-9)10(2)14-12(15)7-8-13(14)16/h3-8,10H,1-2H3/t10-/m0/s1. The van der Waals surface area contributed by atoms with Gasteiger partial charge in [-0.15, -0.1) is 0 Å². The van der Waals surface area contributed by atoms with Gasteiger partial charge in [0.05, 0.1) is 6.04 Å². The second-order valence-corrected chi connectivity index (χ2v) is 3.97. The van der Waals surface area contributed by atoms with Gasteiger partial charge in [0.2, 0.25) is 0 Å². The van der Waals surface area contributed by atoms with Gasteiger partial charge in [-0.1, -0.05) is 29.8 Å². The highest BCUT2D eigenvalue weighted by Gasteiger charge is 2.28. The number of rotatable bonds is 2. The molecule has 0 unspecified atom stereocenters. The second-order valence-electron chi connectivity index (χ2n) is 3.97. The van der Waals surface area contributed by atoms with E-state index in [4.69, 9.17) is 0 Å². The predicted molar refractivity (Wildman–Crippen MR) is 60.6 cm³/mol. The first-order chi connectivity index (χ1) is 7.59. The third kappa shape index (κ3) is 1.76. The summed E-state index contributed by atoms with van der Waals surface area (Å²) in [5.74, 6) is -0.476. The maximum Gasteiger partial charge on any atom is 0.254 e. The molecule has 2 rings (SSSR count). The highest BCUT2D eigenvalue weighted by molar-refractivity contribution is 6.13. The summed E-state index contributed by atoms with van der Waals surface area (Å²) in [6.07, 6.45) is 2.63. The maximum absolute atomic E-state index is 11.5. The van der Waals surface area contributed by atoms with Gasteiger partial charge in [-0.2, -0.15) is 0 Å². The number of carbonyl (C=O) groups is 2. The van der Waals surface area contributed by atoms with E-state index >= 15 is 0 Å². The molecule has 0 bridgehead atoms. The molecule has 2 amide bonds. The molecular formula is C13H13NO2. The van der Waals surface area contributed by atoms with Gasteiger partial charge in [0.1, 0.15) is 0 Å². The SMILES string of the molecule is Cc1ccc([C@H](C)N2C(=O)C=CC2=O)cc1. The molecule has 0 radical (unpaired) electrons. The Hall–Kier alpha value is -1.90. The molecule has 1 aliphatic heterocycles. The summed E-state index contributed by atoms with van der Waals surface area (Å²) >= 11 is 0. The van der Waals surface area contributed by atoms with Crippen LogP contribution in [0.3, 0.4) is 0 Å². The minimum Gasteiger partial charge on any atom is -0.269 e. The van der Waals surface area contributed by atoms with Crippen LogP contribution in [0.25, 0.3) is 0 Å². The largest absolute Gasteiger partial charge is 0.269 e. The van der Waals surface area contributed by atoms with Crippen LogP contribution in [-0.4, -0.2) is 16.7 Å². The van der Waals surface area contributed by atoms with Crippen LogP contribution in [0.1, 0.15) is 24.1 Å². The first-order valence-electron chi connectivity index (χ1n) is 5.21.